The molecule has 58 heavy (non-hydrogen) atoms. The van der Waals surface area contributed by atoms with Gasteiger partial charge in [-0.15, -0.1) is 5.10 Å². The molecule has 1 amide bonds. The number of nitrogens with zero attached hydrogens (tertiary/aromatic N) is 3. The van der Waals surface area contributed by atoms with E-state index in [9.17, 15) is 4.79 Å². The molecular weight excluding hydrogens is 713 g/mol. The lowest BCUT2D eigenvalue weighted by Gasteiger charge is -2.41. The van der Waals surface area contributed by atoms with Gasteiger partial charge < -0.3 is 16.0 Å². The van der Waals surface area contributed by atoms with Crippen molar-refractivity contribution in [2.45, 2.75) is 32.4 Å². The van der Waals surface area contributed by atoms with Crippen molar-refractivity contribution in [1.29, 1.82) is 0 Å². The maximum atomic E-state index is 13.7. The van der Waals surface area contributed by atoms with Crippen LogP contribution in [-0.4, -0.2) is 23.4 Å². The van der Waals surface area contributed by atoms with Crippen molar-refractivity contribution in [2.75, 3.05) is 16.8 Å². The number of carbonyl (C=O) groups is 1. The zero-order chi connectivity index (χ0) is 40.3. The maximum Gasteiger partial charge on any atom is 0.228 e. The predicted octanol–water partition coefficient (Wildman–Crippen LogP) is 9.99. The molecule has 0 spiro atoms. The van der Waals surface area contributed by atoms with E-state index in [1.807, 2.05) is 121 Å². The molecule has 7 aromatic rings. The predicted molar refractivity (Wildman–Crippen MR) is 239 cm³/mol. The summed E-state index contributed by atoms with van der Waals surface area (Å²) in [5, 5.41) is 9.79. The number of hydrazine groups is 1. The third kappa shape index (κ3) is 8.86. The fourth-order valence-corrected chi connectivity index (χ4v) is 7.69. The smallest absolute Gasteiger partial charge is 0.228 e. The lowest BCUT2D eigenvalue weighted by Crippen LogP contribution is -2.50. The van der Waals surface area contributed by atoms with Crippen LogP contribution in [0.2, 0.25) is 0 Å². The first-order valence-corrected chi connectivity index (χ1v) is 19.7. The molecule has 0 radical (unpaired) electrons. The minimum atomic E-state index is -1.01. The van der Waals surface area contributed by atoms with Crippen LogP contribution in [0.25, 0.3) is 11.1 Å². The first-order chi connectivity index (χ1) is 28.3. The molecule has 0 unspecified atom stereocenters. The van der Waals surface area contributed by atoms with E-state index in [-0.39, 0.29) is 18.2 Å². The molecule has 0 saturated heterocycles. The van der Waals surface area contributed by atoms with Crippen LogP contribution in [0.1, 0.15) is 47.2 Å². The van der Waals surface area contributed by atoms with Crippen molar-refractivity contribution in [3.63, 3.8) is 0 Å². The zero-order valence-corrected chi connectivity index (χ0v) is 33.1. The van der Waals surface area contributed by atoms with E-state index in [0.717, 1.165) is 51.3 Å². The van der Waals surface area contributed by atoms with Crippen LogP contribution >= 0.6 is 0 Å². The number of amides is 1. The van der Waals surface area contributed by atoms with Crippen LogP contribution < -0.4 is 21.8 Å². The molecule has 7 nitrogen and oxygen atoms in total. The van der Waals surface area contributed by atoms with Gasteiger partial charge >= 0.3 is 0 Å². The Labute approximate surface area is 342 Å². The maximum absolute atomic E-state index is 13.7. The van der Waals surface area contributed by atoms with Gasteiger partial charge in [0, 0.05) is 18.7 Å². The van der Waals surface area contributed by atoms with Crippen molar-refractivity contribution in [3.05, 3.63) is 228 Å². The molecule has 0 aliphatic heterocycles. The summed E-state index contributed by atoms with van der Waals surface area (Å²) in [6.45, 7) is 5.90. The summed E-state index contributed by atoms with van der Waals surface area (Å²) in [5.74, 6) is 7.71. The van der Waals surface area contributed by atoms with Gasteiger partial charge in [0.25, 0.3) is 0 Å². The van der Waals surface area contributed by atoms with Crippen LogP contribution in [0.3, 0.4) is 0 Å². The molecule has 5 N–H and O–H groups in total. The van der Waals surface area contributed by atoms with Gasteiger partial charge in [0.1, 0.15) is 5.54 Å². The van der Waals surface area contributed by atoms with E-state index in [0.29, 0.717) is 18.0 Å². The number of carbonyl (C=O) groups excluding carboxylic acids is 1. The number of hydrazone groups is 1. The molecule has 0 aliphatic rings. The Morgan fingerprint density at radius 3 is 1.66 bits per heavy atom. The second-order valence-corrected chi connectivity index (χ2v) is 14.9. The number of hydrogen-bond donors (Lipinski definition) is 3. The summed E-state index contributed by atoms with van der Waals surface area (Å²) in [5.41, 5.74) is 15.1. The highest BCUT2D eigenvalue weighted by Gasteiger charge is 2.41. The van der Waals surface area contributed by atoms with Gasteiger partial charge in [0.2, 0.25) is 5.91 Å². The fourth-order valence-electron chi connectivity index (χ4n) is 7.69. The number of nitrogens with one attached hydrogen (secondary N) is 1. The molecule has 7 aromatic carbocycles. The van der Waals surface area contributed by atoms with Crippen molar-refractivity contribution < 1.29 is 4.79 Å². The Bertz CT molecular complexity index is 2320. The molecule has 0 bridgehead atoms. The highest BCUT2D eigenvalue weighted by molar-refractivity contribution is 6.04. The third-order valence-corrected chi connectivity index (χ3v) is 10.3. The minimum absolute atomic E-state index is 0.0963. The summed E-state index contributed by atoms with van der Waals surface area (Å²) in [7, 11) is 0. The molecule has 0 heterocycles. The molecule has 0 fully saturated rings. The lowest BCUT2D eigenvalue weighted by molar-refractivity contribution is -0.115. The van der Waals surface area contributed by atoms with Crippen LogP contribution in [0.4, 0.5) is 11.4 Å². The van der Waals surface area contributed by atoms with Gasteiger partial charge in [0.15, 0.2) is 5.84 Å². The van der Waals surface area contributed by atoms with E-state index in [4.69, 9.17) is 16.7 Å². The van der Waals surface area contributed by atoms with Crippen molar-refractivity contribution in [2.24, 2.45) is 22.6 Å². The normalized spacial score (nSPS) is 11.6. The van der Waals surface area contributed by atoms with E-state index < -0.39 is 5.54 Å². The second-order valence-electron chi connectivity index (χ2n) is 14.9. The Hall–Kier alpha value is -6.96. The Kier molecular flexibility index (Phi) is 12.4. The van der Waals surface area contributed by atoms with Gasteiger partial charge in [-0.25, -0.2) is 11.0 Å². The number of amidine groups is 1. The summed E-state index contributed by atoms with van der Waals surface area (Å²) in [6.07, 6.45) is 0.252. The van der Waals surface area contributed by atoms with E-state index in [2.05, 4.69) is 96.9 Å². The monoisotopic (exact) mass is 762 g/mol. The number of rotatable bonds is 15. The molecule has 0 atom stereocenters. The fraction of sp³-hybridized carbons (Fsp3) is 0.137. The first kappa shape index (κ1) is 39.3. The summed E-state index contributed by atoms with van der Waals surface area (Å²) in [4.78, 5) is 16.1. The summed E-state index contributed by atoms with van der Waals surface area (Å²) >= 11 is 0. The Morgan fingerprint density at radius 2 is 1.12 bits per heavy atom. The van der Waals surface area contributed by atoms with Gasteiger partial charge in [-0.2, -0.15) is 0 Å². The van der Waals surface area contributed by atoms with Crippen LogP contribution in [0.15, 0.2) is 199 Å². The van der Waals surface area contributed by atoms with E-state index in [1.54, 1.807) is 0 Å². The van der Waals surface area contributed by atoms with Crippen LogP contribution in [0, 0.1) is 5.92 Å². The summed E-state index contributed by atoms with van der Waals surface area (Å²) in [6, 6.07) is 64.8. The molecule has 7 rings (SSSR count). The molecule has 0 aromatic heterocycles. The molecule has 290 valence electrons. The average molecular weight is 763 g/mol. The van der Waals surface area contributed by atoms with Gasteiger partial charge in [-0.1, -0.05) is 196 Å². The van der Waals surface area contributed by atoms with Crippen molar-refractivity contribution >= 4 is 23.1 Å². The number of anilines is 2. The van der Waals surface area contributed by atoms with Crippen LogP contribution in [-0.2, 0) is 23.3 Å². The van der Waals surface area contributed by atoms with E-state index >= 15 is 0 Å². The zero-order valence-electron chi connectivity index (χ0n) is 33.1. The summed E-state index contributed by atoms with van der Waals surface area (Å²) < 4.78 is 0. The van der Waals surface area contributed by atoms with Crippen molar-refractivity contribution in [3.8, 4) is 11.1 Å². The average Bonchev–Trinajstić information content (AvgIpc) is 3.25. The number of nitrogens with two attached hydrogens (primary N) is 2. The minimum Gasteiger partial charge on any atom is -0.382 e. The Morgan fingerprint density at radius 1 is 0.638 bits per heavy atom. The van der Waals surface area contributed by atoms with Gasteiger partial charge in [-0.05, 0) is 57.0 Å². The first-order valence-electron chi connectivity index (χ1n) is 19.7. The second kappa shape index (κ2) is 18.3. The third-order valence-electron chi connectivity index (χ3n) is 10.3. The largest absolute Gasteiger partial charge is 0.382 e. The van der Waals surface area contributed by atoms with Crippen molar-refractivity contribution in [1.82, 2.24) is 5.12 Å². The standard InChI is InChI=1S/C51H50N6O/c1-38(2)36-56(37-40-22-10-4-11-23-40)48-33-32-41(35-47(48)54-49(58)34-39-20-8-3-9-21-39)45-30-18-19-31-46(45)50(52)55-57(53)51(42-24-12-5-13-25-42,43-26-14-6-15-27-43)44-28-16-7-17-29-44/h3-33,35,38H,34,36-37,53H2,1-2H3,(H2,52,55)(H,54,58). The van der Waals surface area contributed by atoms with Crippen LogP contribution in [0.5, 0.6) is 0 Å². The highest BCUT2D eigenvalue weighted by Crippen LogP contribution is 2.41. The quantitative estimate of drug-likeness (QED) is 0.0318. The molecule has 0 saturated carbocycles. The Balaban J connectivity index is 1.32. The topological polar surface area (TPSA) is 100.0 Å². The highest BCUT2D eigenvalue weighted by atomic mass is 16.1. The van der Waals surface area contributed by atoms with Gasteiger partial charge in [0.05, 0.1) is 17.8 Å². The van der Waals surface area contributed by atoms with Gasteiger partial charge in [-0.3, -0.25) is 4.79 Å². The molecular formula is C51H50N6O. The SMILES string of the molecule is CC(C)CN(Cc1ccccc1)c1ccc(-c2ccccc2/C(N)=N/N(N)C(c2ccccc2)(c2ccccc2)c2ccccc2)cc1NC(=O)Cc1ccccc1. The lowest BCUT2D eigenvalue weighted by atomic mass is 9.77. The molecule has 7 heteroatoms. The molecule has 0 aliphatic carbocycles. The number of hydrogen-bond acceptors (Lipinski definition) is 5. The number of benzene rings is 7. The van der Waals surface area contributed by atoms with E-state index in [1.165, 1.54) is 10.7 Å².